The fourth-order valence-corrected chi connectivity index (χ4v) is 2.28. The van der Waals surface area contributed by atoms with Gasteiger partial charge in [-0.05, 0) is 17.7 Å². The number of aromatic hydroxyl groups is 1. The van der Waals surface area contributed by atoms with E-state index in [1.165, 1.54) is 0 Å². The molecule has 0 unspecified atom stereocenters. The van der Waals surface area contributed by atoms with Crippen molar-refractivity contribution in [2.24, 2.45) is 0 Å². The monoisotopic (exact) mass is 302 g/mol. The Hall–Kier alpha value is -2.89. The number of aromatic amines is 1. The zero-order valence-corrected chi connectivity index (χ0v) is 11.4. The van der Waals surface area contributed by atoms with Gasteiger partial charge in [0.05, 0.1) is 11.4 Å². The van der Waals surface area contributed by atoms with Gasteiger partial charge >= 0.3 is 5.69 Å². The second-order valence-corrected chi connectivity index (χ2v) is 4.83. The summed E-state index contributed by atoms with van der Waals surface area (Å²) in [5.41, 5.74) is 0.0387. The van der Waals surface area contributed by atoms with E-state index >= 15 is 0 Å². The number of halogens is 2. The van der Waals surface area contributed by atoms with Crippen molar-refractivity contribution < 1.29 is 13.9 Å². The van der Waals surface area contributed by atoms with Crippen LogP contribution in [0.4, 0.5) is 8.78 Å². The highest BCUT2D eigenvalue weighted by molar-refractivity contribution is 5.40. The van der Waals surface area contributed by atoms with Crippen LogP contribution in [0.5, 0.6) is 5.88 Å². The van der Waals surface area contributed by atoms with E-state index in [1.54, 1.807) is 0 Å². The molecule has 0 aliphatic heterocycles. The van der Waals surface area contributed by atoms with Gasteiger partial charge in [0.25, 0.3) is 0 Å². The standard InChI is InChI=1S/C16H12F2N2O2/c17-11-6-7-12(18)14(9-11)20-15(21)13(19-16(20)22)8-10-4-2-1-3-5-10/h1-7,9,21H,8H2,(H,19,22). The van der Waals surface area contributed by atoms with Crippen molar-refractivity contribution in [1.82, 2.24) is 9.55 Å². The first-order chi connectivity index (χ1) is 10.6. The van der Waals surface area contributed by atoms with E-state index in [9.17, 15) is 18.7 Å². The first-order valence-corrected chi connectivity index (χ1v) is 6.58. The molecule has 3 rings (SSSR count). The zero-order valence-electron chi connectivity index (χ0n) is 11.4. The van der Waals surface area contributed by atoms with Crippen molar-refractivity contribution in [3.63, 3.8) is 0 Å². The molecule has 0 saturated heterocycles. The van der Waals surface area contributed by atoms with E-state index in [1.807, 2.05) is 30.3 Å². The maximum atomic E-state index is 13.8. The quantitative estimate of drug-likeness (QED) is 0.781. The van der Waals surface area contributed by atoms with Crippen LogP contribution in [0.3, 0.4) is 0 Å². The van der Waals surface area contributed by atoms with Crippen LogP contribution in [0.1, 0.15) is 11.3 Å². The van der Waals surface area contributed by atoms with E-state index < -0.39 is 23.2 Å². The molecule has 2 N–H and O–H groups in total. The maximum Gasteiger partial charge on any atom is 0.333 e. The van der Waals surface area contributed by atoms with Crippen LogP contribution >= 0.6 is 0 Å². The van der Waals surface area contributed by atoms with Crippen molar-refractivity contribution in [2.45, 2.75) is 6.42 Å². The molecule has 0 radical (unpaired) electrons. The summed E-state index contributed by atoms with van der Waals surface area (Å²) in [6, 6.07) is 11.9. The lowest BCUT2D eigenvalue weighted by atomic mass is 10.1. The summed E-state index contributed by atoms with van der Waals surface area (Å²) < 4.78 is 27.8. The highest BCUT2D eigenvalue weighted by atomic mass is 19.1. The molecule has 0 amide bonds. The van der Waals surface area contributed by atoms with Crippen molar-refractivity contribution in [1.29, 1.82) is 0 Å². The van der Waals surface area contributed by atoms with Crippen LogP contribution in [0.15, 0.2) is 53.3 Å². The van der Waals surface area contributed by atoms with Gasteiger partial charge in [-0.25, -0.2) is 18.1 Å². The lowest BCUT2D eigenvalue weighted by Crippen LogP contribution is -2.16. The number of aromatic nitrogens is 2. The summed E-state index contributed by atoms with van der Waals surface area (Å²) in [6.07, 6.45) is 0.270. The van der Waals surface area contributed by atoms with Crippen molar-refractivity contribution in [2.75, 3.05) is 0 Å². The van der Waals surface area contributed by atoms with Crippen LogP contribution in [0, 0.1) is 11.6 Å². The minimum absolute atomic E-state index is 0.236. The van der Waals surface area contributed by atoms with Crippen LogP contribution in [-0.2, 0) is 6.42 Å². The molecule has 0 spiro atoms. The van der Waals surface area contributed by atoms with Gasteiger partial charge < -0.3 is 10.1 Å². The summed E-state index contributed by atoms with van der Waals surface area (Å²) >= 11 is 0. The van der Waals surface area contributed by atoms with Gasteiger partial charge in [-0.15, -0.1) is 0 Å². The Morgan fingerprint density at radius 2 is 1.82 bits per heavy atom. The van der Waals surface area contributed by atoms with Crippen LogP contribution in [0.25, 0.3) is 5.69 Å². The number of nitrogens with one attached hydrogen (secondary N) is 1. The Kier molecular flexibility index (Phi) is 3.50. The van der Waals surface area contributed by atoms with E-state index in [0.29, 0.717) is 0 Å². The van der Waals surface area contributed by atoms with E-state index in [-0.39, 0.29) is 17.8 Å². The van der Waals surface area contributed by atoms with Gasteiger partial charge in [0.2, 0.25) is 5.88 Å². The van der Waals surface area contributed by atoms with E-state index in [0.717, 1.165) is 28.3 Å². The Morgan fingerprint density at radius 1 is 1.09 bits per heavy atom. The highest BCUT2D eigenvalue weighted by Gasteiger charge is 2.18. The molecule has 1 heterocycles. The molecule has 0 fully saturated rings. The zero-order chi connectivity index (χ0) is 15.7. The smallest absolute Gasteiger partial charge is 0.333 e. The van der Waals surface area contributed by atoms with Gasteiger partial charge in [-0.3, -0.25) is 0 Å². The maximum absolute atomic E-state index is 13.8. The summed E-state index contributed by atoms with van der Waals surface area (Å²) in [6.45, 7) is 0. The molecule has 0 aliphatic carbocycles. The second kappa shape index (κ2) is 5.48. The molecular formula is C16H12F2N2O2. The number of H-pyrrole nitrogens is 1. The van der Waals surface area contributed by atoms with Gasteiger partial charge in [0, 0.05) is 12.5 Å². The third-order valence-electron chi connectivity index (χ3n) is 3.32. The number of nitrogens with zero attached hydrogens (tertiary/aromatic N) is 1. The molecule has 112 valence electrons. The molecule has 3 aromatic rings. The molecule has 6 heteroatoms. The molecule has 1 aromatic heterocycles. The van der Waals surface area contributed by atoms with Gasteiger partial charge in [-0.1, -0.05) is 30.3 Å². The second-order valence-electron chi connectivity index (χ2n) is 4.83. The molecule has 4 nitrogen and oxygen atoms in total. The van der Waals surface area contributed by atoms with Crippen LogP contribution < -0.4 is 5.69 Å². The van der Waals surface area contributed by atoms with E-state index in [4.69, 9.17) is 0 Å². The van der Waals surface area contributed by atoms with Gasteiger partial charge in [0.1, 0.15) is 11.6 Å². The summed E-state index contributed by atoms with van der Waals surface area (Å²) in [7, 11) is 0. The fraction of sp³-hybridized carbons (Fsp3) is 0.0625. The van der Waals surface area contributed by atoms with Crippen molar-refractivity contribution in [3.05, 3.63) is 81.9 Å². The number of hydrogen-bond donors (Lipinski definition) is 2. The normalized spacial score (nSPS) is 10.8. The van der Waals surface area contributed by atoms with Crippen molar-refractivity contribution >= 4 is 0 Å². The minimum Gasteiger partial charge on any atom is -0.493 e. The Labute approximate surface area is 124 Å². The molecule has 22 heavy (non-hydrogen) atoms. The molecular weight excluding hydrogens is 290 g/mol. The number of rotatable bonds is 3. The summed E-state index contributed by atoms with van der Waals surface area (Å²) in [4.78, 5) is 14.4. The minimum atomic E-state index is -0.802. The third kappa shape index (κ3) is 2.50. The number of hydrogen-bond acceptors (Lipinski definition) is 2. The van der Waals surface area contributed by atoms with Gasteiger partial charge in [-0.2, -0.15) is 0 Å². The molecule has 0 aliphatic rings. The predicted octanol–water partition coefficient (Wildman–Crippen LogP) is 2.74. The fourth-order valence-electron chi connectivity index (χ4n) is 2.28. The molecule has 2 aromatic carbocycles. The highest BCUT2D eigenvalue weighted by Crippen LogP contribution is 2.23. The predicted molar refractivity (Wildman–Crippen MR) is 77.2 cm³/mol. The molecule has 0 bridgehead atoms. The first-order valence-electron chi connectivity index (χ1n) is 6.58. The molecule has 0 atom stereocenters. The summed E-state index contributed by atoms with van der Waals surface area (Å²) in [5.74, 6) is -1.93. The molecule has 0 saturated carbocycles. The Balaban J connectivity index is 2.08. The lowest BCUT2D eigenvalue weighted by Gasteiger charge is -2.05. The Morgan fingerprint density at radius 3 is 2.55 bits per heavy atom. The van der Waals surface area contributed by atoms with E-state index in [2.05, 4.69) is 4.98 Å². The van der Waals surface area contributed by atoms with Crippen LogP contribution in [-0.4, -0.2) is 14.7 Å². The largest absolute Gasteiger partial charge is 0.493 e. The van der Waals surface area contributed by atoms with Crippen LogP contribution in [0.2, 0.25) is 0 Å². The van der Waals surface area contributed by atoms with Crippen molar-refractivity contribution in [3.8, 4) is 11.6 Å². The number of benzene rings is 2. The first kappa shape index (κ1) is 14.1. The Bertz CT molecular complexity index is 870. The topological polar surface area (TPSA) is 58.0 Å². The summed E-state index contributed by atoms with van der Waals surface area (Å²) in [5, 5.41) is 10.2. The average Bonchev–Trinajstić information content (AvgIpc) is 2.77. The van der Waals surface area contributed by atoms with Gasteiger partial charge in [0.15, 0.2) is 0 Å². The lowest BCUT2D eigenvalue weighted by molar-refractivity contribution is 0.432. The number of imidazole rings is 1. The SMILES string of the molecule is O=c1[nH]c(Cc2ccccc2)c(O)n1-c1cc(F)ccc1F. The average molecular weight is 302 g/mol. The third-order valence-corrected chi connectivity index (χ3v) is 3.32.